The molecule has 0 aromatic rings. The van der Waals surface area contributed by atoms with Gasteiger partial charge in [-0.25, -0.2) is 0 Å². The van der Waals surface area contributed by atoms with Crippen LogP contribution in [0.5, 0.6) is 0 Å². The molecule has 5 rings (SSSR count). The van der Waals surface area contributed by atoms with E-state index < -0.39 is 0 Å². The Morgan fingerprint density at radius 3 is 1.69 bits per heavy atom. The van der Waals surface area contributed by atoms with Crippen molar-refractivity contribution in [2.45, 2.75) is 149 Å². The van der Waals surface area contributed by atoms with E-state index in [4.69, 9.17) is 0 Å². The first-order valence-corrected chi connectivity index (χ1v) is 14.2. The minimum atomic E-state index is 0.795. The van der Waals surface area contributed by atoms with E-state index in [-0.39, 0.29) is 0 Å². The first-order chi connectivity index (χ1) is 14.2. The normalized spacial score (nSPS) is 42.8. The summed E-state index contributed by atoms with van der Waals surface area (Å²) in [6, 6.07) is 0. The Bertz CT molecular complexity index is 450. The average Bonchev–Trinajstić information content (AvgIpc) is 2.80. The molecular formula is C29H52. The van der Waals surface area contributed by atoms with Crippen LogP contribution in [0.25, 0.3) is 0 Å². The molecule has 0 radical (unpaired) electrons. The molecule has 0 aliphatic heterocycles. The zero-order chi connectivity index (χ0) is 20.2. The Hall–Kier alpha value is 0. The first kappa shape index (κ1) is 22.2. The molecule has 29 heavy (non-hydrogen) atoms. The van der Waals surface area contributed by atoms with E-state index in [0.29, 0.717) is 0 Å². The van der Waals surface area contributed by atoms with Crippen molar-refractivity contribution in [3.63, 3.8) is 0 Å². The van der Waals surface area contributed by atoms with Crippen molar-refractivity contribution < 1.29 is 0 Å². The SMILES string of the molecule is CCCCCCCC12CCC([C@H]3CC[C@H]([C@H]4CC[C@H](CC)CC4)CC3)(CC1)CC2. The van der Waals surface area contributed by atoms with Gasteiger partial charge in [0.2, 0.25) is 0 Å². The third kappa shape index (κ3) is 5.09. The van der Waals surface area contributed by atoms with E-state index in [2.05, 4.69) is 13.8 Å². The van der Waals surface area contributed by atoms with E-state index in [1.165, 1.54) is 38.5 Å². The van der Waals surface area contributed by atoms with Crippen LogP contribution in [0.3, 0.4) is 0 Å². The molecule has 0 saturated heterocycles. The molecule has 0 nitrogen and oxygen atoms in total. The third-order valence-electron chi connectivity index (χ3n) is 11.0. The van der Waals surface area contributed by atoms with E-state index in [9.17, 15) is 0 Å². The molecule has 0 aromatic carbocycles. The van der Waals surface area contributed by atoms with Gasteiger partial charge in [0.15, 0.2) is 0 Å². The van der Waals surface area contributed by atoms with Crippen LogP contribution in [-0.4, -0.2) is 0 Å². The second kappa shape index (κ2) is 10.1. The maximum absolute atomic E-state index is 2.41. The lowest BCUT2D eigenvalue weighted by Crippen LogP contribution is -2.46. The van der Waals surface area contributed by atoms with Crippen LogP contribution in [0.15, 0.2) is 0 Å². The van der Waals surface area contributed by atoms with E-state index in [1.54, 1.807) is 96.3 Å². The molecule has 5 aliphatic carbocycles. The number of fused-ring (bicyclic) bond motifs is 3. The maximum Gasteiger partial charge on any atom is -0.0269 e. The van der Waals surface area contributed by atoms with Gasteiger partial charge in [-0.1, -0.05) is 65.2 Å². The predicted octanol–water partition coefficient (Wildman–Crippen LogP) is 9.71. The summed E-state index contributed by atoms with van der Waals surface area (Å²) in [7, 11) is 0. The van der Waals surface area contributed by atoms with Gasteiger partial charge < -0.3 is 0 Å². The van der Waals surface area contributed by atoms with Gasteiger partial charge in [-0.3, -0.25) is 0 Å². The standard InChI is InChI=1S/C29H52/c1-3-5-6-7-8-17-28-18-21-29(22-19-28,23-20-28)27-15-13-26(14-16-27)25-11-9-24(4-2)10-12-25/h24-27H,3-23H2,1-2H3/t24-,25-,26-,27-,28?,29?. The summed E-state index contributed by atoms with van der Waals surface area (Å²) in [5.41, 5.74) is 1.60. The van der Waals surface area contributed by atoms with Crippen LogP contribution in [0, 0.1) is 34.5 Å². The highest BCUT2D eigenvalue weighted by atomic mass is 14.6. The lowest BCUT2D eigenvalue weighted by Gasteiger charge is -2.58. The van der Waals surface area contributed by atoms with Gasteiger partial charge in [-0.2, -0.15) is 0 Å². The molecule has 0 N–H and O–H groups in total. The molecule has 5 fully saturated rings. The lowest BCUT2D eigenvalue weighted by atomic mass is 9.47. The van der Waals surface area contributed by atoms with Crippen LogP contribution in [-0.2, 0) is 0 Å². The van der Waals surface area contributed by atoms with Crippen molar-refractivity contribution in [1.82, 2.24) is 0 Å². The smallest absolute Gasteiger partial charge is 0.0269 e. The fourth-order valence-corrected chi connectivity index (χ4v) is 8.65. The summed E-state index contributed by atoms with van der Waals surface area (Å²) >= 11 is 0. The zero-order valence-electron chi connectivity index (χ0n) is 20.2. The third-order valence-corrected chi connectivity index (χ3v) is 11.0. The van der Waals surface area contributed by atoms with Gasteiger partial charge in [-0.05, 0) is 118 Å². The molecule has 0 heterocycles. The second-order valence-corrected chi connectivity index (χ2v) is 12.3. The average molecular weight is 401 g/mol. The Morgan fingerprint density at radius 2 is 1.14 bits per heavy atom. The molecule has 5 aliphatic rings. The van der Waals surface area contributed by atoms with Crippen molar-refractivity contribution >= 4 is 0 Å². The first-order valence-electron chi connectivity index (χ1n) is 14.2. The summed E-state index contributed by atoms with van der Waals surface area (Å²) in [4.78, 5) is 0. The summed E-state index contributed by atoms with van der Waals surface area (Å²) in [5, 5.41) is 0. The molecule has 0 unspecified atom stereocenters. The Morgan fingerprint density at radius 1 is 0.586 bits per heavy atom. The number of rotatable bonds is 9. The van der Waals surface area contributed by atoms with Gasteiger partial charge >= 0.3 is 0 Å². The van der Waals surface area contributed by atoms with Crippen LogP contribution in [0.4, 0.5) is 0 Å². The second-order valence-electron chi connectivity index (χ2n) is 12.3. The fraction of sp³-hybridized carbons (Fsp3) is 1.00. The molecular weight excluding hydrogens is 348 g/mol. The monoisotopic (exact) mass is 400 g/mol. The van der Waals surface area contributed by atoms with Crippen molar-refractivity contribution in [2.24, 2.45) is 34.5 Å². The van der Waals surface area contributed by atoms with Crippen LogP contribution >= 0.6 is 0 Å². The van der Waals surface area contributed by atoms with Crippen molar-refractivity contribution in [3.05, 3.63) is 0 Å². The minimum Gasteiger partial charge on any atom is -0.0654 e. The molecule has 168 valence electrons. The quantitative estimate of drug-likeness (QED) is 0.338. The molecule has 0 spiro atoms. The van der Waals surface area contributed by atoms with Crippen molar-refractivity contribution in [1.29, 1.82) is 0 Å². The summed E-state index contributed by atoms with van der Waals surface area (Å²) in [6.45, 7) is 4.75. The van der Waals surface area contributed by atoms with E-state index >= 15 is 0 Å². The predicted molar refractivity (Wildman–Crippen MR) is 127 cm³/mol. The van der Waals surface area contributed by atoms with E-state index in [1.807, 2.05) is 0 Å². The van der Waals surface area contributed by atoms with Crippen LogP contribution in [0.1, 0.15) is 149 Å². The van der Waals surface area contributed by atoms with E-state index in [0.717, 1.165) is 34.5 Å². The van der Waals surface area contributed by atoms with Crippen LogP contribution < -0.4 is 0 Å². The highest BCUT2D eigenvalue weighted by molar-refractivity contribution is 5.03. The van der Waals surface area contributed by atoms with Crippen molar-refractivity contribution in [2.75, 3.05) is 0 Å². The Balaban J connectivity index is 1.21. The minimum absolute atomic E-state index is 0.795. The van der Waals surface area contributed by atoms with Crippen molar-refractivity contribution in [3.8, 4) is 0 Å². The highest BCUT2D eigenvalue weighted by Gasteiger charge is 2.51. The highest BCUT2D eigenvalue weighted by Crippen LogP contribution is 2.63. The lowest BCUT2D eigenvalue weighted by molar-refractivity contribution is -0.0680. The number of unbranched alkanes of at least 4 members (excludes halogenated alkanes) is 4. The van der Waals surface area contributed by atoms with Crippen LogP contribution in [0.2, 0.25) is 0 Å². The molecule has 2 bridgehead atoms. The van der Waals surface area contributed by atoms with Gasteiger partial charge in [-0.15, -0.1) is 0 Å². The molecule has 5 saturated carbocycles. The fourth-order valence-electron chi connectivity index (χ4n) is 8.65. The molecule has 0 atom stereocenters. The van der Waals surface area contributed by atoms with Gasteiger partial charge in [0.05, 0.1) is 0 Å². The number of hydrogen-bond acceptors (Lipinski definition) is 0. The summed E-state index contributed by atoms with van der Waals surface area (Å²) in [5.74, 6) is 4.38. The molecule has 0 heteroatoms. The summed E-state index contributed by atoms with van der Waals surface area (Å²) in [6.07, 6.45) is 32.6. The Kier molecular flexibility index (Phi) is 7.72. The molecule has 0 aromatic heterocycles. The van der Waals surface area contributed by atoms with Gasteiger partial charge in [0.25, 0.3) is 0 Å². The molecule has 0 amide bonds. The van der Waals surface area contributed by atoms with Gasteiger partial charge in [0.1, 0.15) is 0 Å². The largest absolute Gasteiger partial charge is 0.0654 e. The van der Waals surface area contributed by atoms with Gasteiger partial charge in [0, 0.05) is 0 Å². The maximum atomic E-state index is 2.41. The zero-order valence-corrected chi connectivity index (χ0v) is 20.2. The topological polar surface area (TPSA) is 0 Å². The number of hydrogen-bond donors (Lipinski definition) is 0. The summed E-state index contributed by atoms with van der Waals surface area (Å²) < 4.78 is 0. The Labute approximate surface area is 183 Å².